The number of aliphatic carboxylic acids is 1. The minimum absolute atomic E-state index is 0.0164. The molecule has 1 aliphatic carbocycles. The molecule has 4 aromatic rings. The van der Waals surface area contributed by atoms with Gasteiger partial charge in [0.05, 0.1) is 29.8 Å². The van der Waals surface area contributed by atoms with Crippen molar-refractivity contribution in [2.75, 3.05) is 32.1 Å². The molecule has 8 rings (SSSR count). The topological polar surface area (TPSA) is 221 Å². The summed E-state index contributed by atoms with van der Waals surface area (Å²) in [6.45, 7) is 10.1. The molecule has 2 aromatic heterocycles. The first-order chi connectivity index (χ1) is 32.4. The Labute approximate surface area is 402 Å². The number of carbonyl (C=O) groups excluding carboxylic acids is 3. The van der Waals surface area contributed by atoms with E-state index in [0.29, 0.717) is 59.5 Å². The molecule has 5 N–H and O–H groups in total. The summed E-state index contributed by atoms with van der Waals surface area (Å²) >= 11 is 1.45. The lowest BCUT2D eigenvalue weighted by atomic mass is 9.86. The van der Waals surface area contributed by atoms with Crippen molar-refractivity contribution in [1.29, 1.82) is 0 Å². The van der Waals surface area contributed by atoms with Crippen molar-refractivity contribution in [3.63, 3.8) is 0 Å². The number of ether oxygens (including phenoxy) is 2. The van der Waals surface area contributed by atoms with Crippen LogP contribution in [0.25, 0.3) is 22.3 Å². The number of rotatable bonds is 11. The number of amides is 4. The number of carboxylic acid groups (broad SMARTS) is 1. The second kappa shape index (κ2) is 19.8. The van der Waals surface area contributed by atoms with Crippen LogP contribution >= 0.6 is 11.3 Å². The quantitative estimate of drug-likeness (QED) is 0.108. The number of urea groups is 1. The zero-order valence-corrected chi connectivity index (χ0v) is 41.3. The van der Waals surface area contributed by atoms with E-state index in [1.54, 1.807) is 37.4 Å². The Kier molecular flexibility index (Phi) is 14.3. The normalized spacial score (nSPS) is 24.9. The highest BCUT2D eigenvalue weighted by Gasteiger charge is 2.62. The van der Waals surface area contributed by atoms with E-state index in [9.17, 15) is 27.9 Å². The number of hydrogen-bond acceptors (Lipinski definition) is 12. The molecule has 19 heteroatoms. The molecular weight excluding hydrogens is 909 g/mol. The number of pyridine rings is 1. The van der Waals surface area contributed by atoms with Crippen LogP contribution in [0.2, 0.25) is 0 Å². The molecule has 366 valence electrons. The number of carbonyl (C=O) groups is 4. The summed E-state index contributed by atoms with van der Waals surface area (Å²) in [4.78, 5) is 67.9. The van der Waals surface area contributed by atoms with E-state index in [4.69, 9.17) is 19.4 Å². The van der Waals surface area contributed by atoms with Gasteiger partial charge >= 0.3 is 12.0 Å². The molecule has 4 aliphatic rings. The molecule has 2 saturated heterocycles. The van der Waals surface area contributed by atoms with Crippen LogP contribution in [0.4, 0.5) is 9.93 Å². The summed E-state index contributed by atoms with van der Waals surface area (Å²) in [6.07, 6.45) is 5.03. The third kappa shape index (κ3) is 10.5. The highest BCUT2D eigenvalue weighted by Crippen LogP contribution is 2.48. The van der Waals surface area contributed by atoms with Gasteiger partial charge in [0.25, 0.3) is 0 Å². The molecule has 1 unspecified atom stereocenters. The van der Waals surface area contributed by atoms with Gasteiger partial charge < -0.3 is 40.7 Å². The first kappa shape index (κ1) is 48.9. The van der Waals surface area contributed by atoms with Crippen LogP contribution in [0.5, 0.6) is 11.5 Å². The molecule has 4 amide bonds. The highest BCUT2D eigenvalue weighted by atomic mass is 32.2. The van der Waals surface area contributed by atoms with E-state index in [1.165, 1.54) is 20.5 Å². The minimum atomic E-state index is -3.83. The summed E-state index contributed by atoms with van der Waals surface area (Å²) in [6, 6.07) is 10.9. The molecule has 3 aliphatic heterocycles. The van der Waals surface area contributed by atoms with E-state index in [0.717, 1.165) is 36.4 Å². The maximum absolute atomic E-state index is 15.1. The van der Waals surface area contributed by atoms with Crippen LogP contribution < -0.4 is 30.7 Å². The summed E-state index contributed by atoms with van der Waals surface area (Å²) in [5.74, 6) is -1.39. The van der Waals surface area contributed by atoms with Gasteiger partial charge in [-0.25, -0.2) is 28.0 Å². The number of hydrogen-bond donors (Lipinski definition) is 5. The Morgan fingerprint density at radius 1 is 1.01 bits per heavy atom. The van der Waals surface area contributed by atoms with Crippen molar-refractivity contribution in [3.8, 4) is 22.9 Å². The van der Waals surface area contributed by atoms with E-state index in [1.807, 2.05) is 58.2 Å². The molecule has 68 heavy (non-hydrogen) atoms. The fourth-order valence-electron chi connectivity index (χ4n) is 9.72. The van der Waals surface area contributed by atoms with E-state index in [2.05, 4.69) is 21.3 Å². The smallest absolute Gasteiger partial charge is 0.329 e. The molecule has 5 heterocycles. The lowest BCUT2D eigenvalue weighted by molar-refractivity contribution is -0.145. The maximum Gasteiger partial charge on any atom is 0.329 e. The van der Waals surface area contributed by atoms with E-state index in [-0.39, 0.29) is 49.3 Å². The second-order valence-electron chi connectivity index (χ2n) is 20.0. The van der Waals surface area contributed by atoms with Crippen LogP contribution in [0.1, 0.15) is 98.0 Å². The molecule has 17 nitrogen and oxygen atoms in total. The summed E-state index contributed by atoms with van der Waals surface area (Å²) in [5.41, 5.74) is 0.492. The number of anilines is 1. The van der Waals surface area contributed by atoms with Crippen molar-refractivity contribution in [2.45, 2.75) is 140 Å². The molecular formula is C49H64N8O9S2. The predicted molar refractivity (Wildman–Crippen MR) is 259 cm³/mol. The Hall–Kier alpha value is -5.53. The predicted octanol–water partition coefficient (Wildman–Crippen LogP) is 6.57. The van der Waals surface area contributed by atoms with Crippen molar-refractivity contribution in [2.24, 2.45) is 11.3 Å². The van der Waals surface area contributed by atoms with Crippen molar-refractivity contribution in [3.05, 3.63) is 59.5 Å². The summed E-state index contributed by atoms with van der Waals surface area (Å²) in [7, 11) is -2.26. The zero-order valence-electron chi connectivity index (χ0n) is 39.7. The molecule has 0 spiro atoms. The number of fused-ring (bicyclic) bond motifs is 4. The fraction of sp³-hybridized carbons (Fsp3) is 0.551. The lowest BCUT2D eigenvalue weighted by Crippen LogP contribution is -2.59. The Morgan fingerprint density at radius 3 is 2.50 bits per heavy atom. The average Bonchev–Trinajstić information content (AvgIpc) is 3.55. The van der Waals surface area contributed by atoms with Crippen molar-refractivity contribution < 1.29 is 42.2 Å². The number of benzene rings is 2. The van der Waals surface area contributed by atoms with Gasteiger partial charge in [-0.15, -0.1) is 11.3 Å². The minimum Gasteiger partial charge on any atom is -0.497 e. The number of aromatic nitrogens is 2. The molecule has 0 bridgehead atoms. The second-order valence-corrected chi connectivity index (χ2v) is 22.8. The Morgan fingerprint density at radius 2 is 1.76 bits per heavy atom. The number of nitrogens with one attached hydrogen (secondary N) is 4. The van der Waals surface area contributed by atoms with Gasteiger partial charge in [-0.05, 0) is 74.6 Å². The van der Waals surface area contributed by atoms with Gasteiger partial charge in [0.2, 0.25) is 21.8 Å². The number of sulfonamides is 1. The Balaban J connectivity index is 1.08. The Bertz CT molecular complexity index is 2650. The first-order valence-corrected chi connectivity index (χ1v) is 26.1. The van der Waals surface area contributed by atoms with E-state index >= 15 is 4.79 Å². The largest absolute Gasteiger partial charge is 0.497 e. The maximum atomic E-state index is 15.1. The van der Waals surface area contributed by atoms with Gasteiger partial charge in [-0.2, -0.15) is 4.31 Å². The molecule has 6 atom stereocenters. The van der Waals surface area contributed by atoms with Gasteiger partial charge in [-0.1, -0.05) is 71.1 Å². The standard InChI is InChI=1S/C49H64N8O9S2/c1-29(2)50-47-53-38(28-67-47)37-24-40(34-19-18-32(65-6)22-36(34)51-37)66-33-23-39-43(58)55-49(45(60)61)25-31(49)15-10-8-7-9-11-16-35(44(59)57(39)26-33)52-46(62)54-42(48(3,4)5)27-56-21-20-30-14-12-13-17-41(30)68(56,63)64/h12-14,17-19,22,24,28-29,31,33,35,39,42H,7-11,15-16,20-21,23,25-27H2,1-6H3,(H,50,53)(H,55,58)(H,60,61)(H2,52,54,62)/t31?,33-,35+,39+,42-,49-/m1/s1. The van der Waals surface area contributed by atoms with Gasteiger partial charge in [0, 0.05) is 54.5 Å². The van der Waals surface area contributed by atoms with Crippen LogP contribution in [0, 0.1) is 11.3 Å². The lowest BCUT2D eigenvalue weighted by Gasteiger charge is -2.37. The molecule has 0 radical (unpaired) electrons. The van der Waals surface area contributed by atoms with Crippen LogP contribution in [-0.2, 0) is 30.8 Å². The van der Waals surface area contributed by atoms with Crippen molar-refractivity contribution in [1.82, 2.24) is 35.1 Å². The number of thiazole rings is 1. The van der Waals surface area contributed by atoms with Gasteiger partial charge in [-0.3, -0.25) is 9.59 Å². The third-order valence-corrected chi connectivity index (χ3v) is 16.5. The van der Waals surface area contributed by atoms with Crippen LogP contribution in [0.3, 0.4) is 0 Å². The molecule has 3 fully saturated rings. The molecule has 2 aromatic carbocycles. The van der Waals surface area contributed by atoms with Crippen molar-refractivity contribution >= 4 is 61.2 Å². The van der Waals surface area contributed by atoms with E-state index < -0.39 is 69.0 Å². The number of methoxy groups -OCH3 is 1. The number of nitrogens with zero attached hydrogens (tertiary/aromatic N) is 4. The first-order valence-electron chi connectivity index (χ1n) is 23.7. The van der Waals surface area contributed by atoms with Gasteiger partial charge in [0.1, 0.15) is 40.9 Å². The summed E-state index contributed by atoms with van der Waals surface area (Å²) in [5, 5.41) is 25.9. The highest BCUT2D eigenvalue weighted by molar-refractivity contribution is 7.89. The van der Waals surface area contributed by atoms with Crippen LogP contribution in [0.15, 0.2) is 58.8 Å². The van der Waals surface area contributed by atoms with Gasteiger partial charge in [0.15, 0.2) is 5.13 Å². The average molecular weight is 973 g/mol. The monoisotopic (exact) mass is 972 g/mol. The number of carboxylic acids is 1. The SMILES string of the molecule is COc1ccc2c(O[C@@H]3C[C@H]4C(=O)N[C@]5(C(=O)O)CC5CCCCCCC[C@H](NC(=O)N[C@H](CN5CCc6ccccc6S5(=O)=O)C(C)(C)C)C(=O)N4C3)cc(-c3csc(NC(C)C)n3)nc2c1. The third-order valence-electron chi connectivity index (χ3n) is 13.7. The zero-order chi connectivity index (χ0) is 48.5. The fourth-order valence-corrected chi connectivity index (χ4v) is 12.3. The molecule has 1 saturated carbocycles. The summed E-state index contributed by atoms with van der Waals surface area (Å²) < 4.78 is 41.3. The van der Waals surface area contributed by atoms with Crippen LogP contribution in [-0.4, -0.2) is 119 Å².